The second kappa shape index (κ2) is 11.3. The van der Waals surface area contributed by atoms with Gasteiger partial charge in [-0.05, 0) is 39.5 Å². The van der Waals surface area contributed by atoms with Crippen LogP contribution in [0.15, 0.2) is 12.2 Å². The van der Waals surface area contributed by atoms with Crippen molar-refractivity contribution in [2.45, 2.75) is 65.4 Å². The van der Waals surface area contributed by atoms with Crippen molar-refractivity contribution < 1.29 is 14.3 Å². The molecule has 0 rings (SSSR count). The van der Waals surface area contributed by atoms with E-state index in [0.29, 0.717) is 18.3 Å². The molecule has 0 heterocycles. The lowest BCUT2D eigenvalue weighted by Crippen LogP contribution is -2.08. The van der Waals surface area contributed by atoms with E-state index in [1.54, 1.807) is 6.92 Å². The first-order valence-electron chi connectivity index (χ1n) is 7.02. The van der Waals surface area contributed by atoms with Gasteiger partial charge in [0.05, 0.1) is 12.7 Å². The molecule has 0 radical (unpaired) electrons. The van der Waals surface area contributed by atoms with Crippen LogP contribution in [0.5, 0.6) is 0 Å². The fourth-order valence-corrected chi connectivity index (χ4v) is 1.62. The van der Waals surface area contributed by atoms with Crippen molar-refractivity contribution in [2.24, 2.45) is 0 Å². The van der Waals surface area contributed by atoms with Crippen molar-refractivity contribution in [2.75, 3.05) is 13.2 Å². The van der Waals surface area contributed by atoms with Crippen LogP contribution in [0.25, 0.3) is 0 Å². The van der Waals surface area contributed by atoms with Crippen molar-refractivity contribution in [3.8, 4) is 0 Å². The average molecular weight is 256 g/mol. The maximum absolute atomic E-state index is 11.1. The molecule has 1 atom stereocenters. The molecule has 0 spiro atoms. The van der Waals surface area contributed by atoms with Gasteiger partial charge in [-0.15, -0.1) is 0 Å². The summed E-state index contributed by atoms with van der Waals surface area (Å²) >= 11 is 0. The van der Waals surface area contributed by atoms with Crippen LogP contribution in [0.3, 0.4) is 0 Å². The van der Waals surface area contributed by atoms with Crippen LogP contribution in [0, 0.1) is 0 Å². The van der Waals surface area contributed by atoms with Gasteiger partial charge in [0.25, 0.3) is 0 Å². The lowest BCUT2D eigenvalue weighted by atomic mass is 10.2. The van der Waals surface area contributed by atoms with E-state index >= 15 is 0 Å². The SMILES string of the molecule is C=C(C)C(=O)OCCCCCCOC(C)CCC. The molecule has 0 saturated heterocycles. The van der Waals surface area contributed by atoms with Gasteiger partial charge in [-0.25, -0.2) is 4.79 Å². The highest BCUT2D eigenvalue weighted by Gasteiger charge is 2.02. The Morgan fingerprint density at radius 1 is 1.17 bits per heavy atom. The van der Waals surface area contributed by atoms with Gasteiger partial charge in [0.1, 0.15) is 0 Å². The Morgan fingerprint density at radius 3 is 2.33 bits per heavy atom. The Hall–Kier alpha value is -0.830. The van der Waals surface area contributed by atoms with E-state index in [1.165, 1.54) is 6.42 Å². The predicted octanol–water partition coefficient (Wildman–Crippen LogP) is 3.87. The van der Waals surface area contributed by atoms with Crippen molar-refractivity contribution in [3.63, 3.8) is 0 Å². The molecule has 0 amide bonds. The summed E-state index contributed by atoms with van der Waals surface area (Å²) in [4.78, 5) is 11.1. The number of carbonyl (C=O) groups excluding carboxylic acids is 1. The summed E-state index contributed by atoms with van der Waals surface area (Å²) in [5, 5.41) is 0. The van der Waals surface area contributed by atoms with Crippen molar-refractivity contribution in [3.05, 3.63) is 12.2 Å². The number of hydrogen-bond acceptors (Lipinski definition) is 3. The zero-order chi connectivity index (χ0) is 13.8. The molecule has 0 aromatic heterocycles. The summed E-state index contributed by atoms with van der Waals surface area (Å²) in [7, 11) is 0. The first-order valence-corrected chi connectivity index (χ1v) is 7.02. The quantitative estimate of drug-likeness (QED) is 0.320. The topological polar surface area (TPSA) is 35.5 Å². The van der Waals surface area contributed by atoms with E-state index < -0.39 is 0 Å². The second-order valence-corrected chi connectivity index (χ2v) is 4.80. The number of hydrogen-bond donors (Lipinski definition) is 0. The summed E-state index contributed by atoms with van der Waals surface area (Å²) in [6, 6.07) is 0. The maximum atomic E-state index is 11.1. The molecule has 0 aliphatic heterocycles. The Bertz CT molecular complexity index is 236. The molecule has 1 unspecified atom stereocenters. The molecule has 0 N–H and O–H groups in total. The molecule has 0 aliphatic carbocycles. The molecule has 3 heteroatoms. The van der Waals surface area contributed by atoms with E-state index in [9.17, 15) is 4.79 Å². The van der Waals surface area contributed by atoms with E-state index in [2.05, 4.69) is 20.4 Å². The molecule has 106 valence electrons. The highest BCUT2D eigenvalue weighted by atomic mass is 16.5. The second-order valence-electron chi connectivity index (χ2n) is 4.80. The molecular weight excluding hydrogens is 228 g/mol. The predicted molar refractivity (Wildman–Crippen MR) is 74.6 cm³/mol. The third-order valence-electron chi connectivity index (χ3n) is 2.72. The first kappa shape index (κ1) is 17.2. The molecular formula is C15H28O3. The normalized spacial score (nSPS) is 12.2. The minimum atomic E-state index is -0.285. The third kappa shape index (κ3) is 10.3. The van der Waals surface area contributed by atoms with Crippen LogP contribution >= 0.6 is 0 Å². The van der Waals surface area contributed by atoms with Crippen molar-refractivity contribution in [1.82, 2.24) is 0 Å². The van der Waals surface area contributed by atoms with Crippen LogP contribution in [-0.4, -0.2) is 25.3 Å². The highest BCUT2D eigenvalue weighted by Crippen LogP contribution is 2.05. The first-order chi connectivity index (χ1) is 8.57. The minimum absolute atomic E-state index is 0.285. The molecule has 18 heavy (non-hydrogen) atoms. The van der Waals surface area contributed by atoms with Gasteiger partial charge < -0.3 is 9.47 Å². The lowest BCUT2D eigenvalue weighted by Gasteiger charge is -2.11. The lowest BCUT2D eigenvalue weighted by molar-refractivity contribution is -0.139. The third-order valence-corrected chi connectivity index (χ3v) is 2.72. The van der Waals surface area contributed by atoms with Gasteiger partial charge in [0.15, 0.2) is 0 Å². The Balaban J connectivity index is 3.21. The summed E-state index contributed by atoms with van der Waals surface area (Å²) in [6.07, 6.45) is 6.91. The maximum Gasteiger partial charge on any atom is 0.333 e. The summed E-state index contributed by atoms with van der Waals surface area (Å²) in [5.41, 5.74) is 0.466. The van der Waals surface area contributed by atoms with Crippen molar-refractivity contribution in [1.29, 1.82) is 0 Å². The van der Waals surface area contributed by atoms with E-state index in [4.69, 9.17) is 9.47 Å². The molecule has 0 aromatic rings. The van der Waals surface area contributed by atoms with Gasteiger partial charge in [0.2, 0.25) is 0 Å². The fourth-order valence-electron chi connectivity index (χ4n) is 1.62. The number of rotatable bonds is 11. The molecule has 0 aromatic carbocycles. The van der Waals surface area contributed by atoms with Gasteiger partial charge in [-0.2, -0.15) is 0 Å². The fraction of sp³-hybridized carbons (Fsp3) is 0.800. The Morgan fingerprint density at radius 2 is 1.78 bits per heavy atom. The highest BCUT2D eigenvalue weighted by molar-refractivity contribution is 5.86. The molecule has 0 fully saturated rings. The zero-order valence-corrected chi connectivity index (χ0v) is 12.2. The molecule has 3 nitrogen and oxygen atoms in total. The summed E-state index contributed by atoms with van der Waals surface area (Å²) in [5.74, 6) is -0.285. The number of carbonyl (C=O) groups is 1. The zero-order valence-electron chi connectivity index (χ0n) is 12.2. The number of esters is 1. The van der Waals surface area contributed by atoms with Crippen LogP contribution in [-0.2, 0) is 14.3 Å². The van der Waals surface area contributed by atoms with Crippen LogP contribution in [0.1, 0.15) is 59.3 Å². The summed E-state index contributed by atoms with van der Waals surface area (Å²) in [6.45, 7) is 10.8. The smallest absolute Gasteiger partial charge is 0.333 e. The Kier molecular flexibility index (Phi) is 10.8. The van der Waals surface area contributed by atoms with Gasteiger partial charge >= 0.3 is 5.97 Å². The Labute approximate surface area is 112 Å². The molecule has 0 bridgehead atoms. The minimum Gasteiger partial charge on any atom is -0.462 e. The average Bonchev–Trinajstić information content (AvgIpc) is 2.32. The van der Waals surface area contributed by atoms with Gasteiger partial charge in [-0.3, -0.25) is 0 Å². The molecule has 0 saturated carbocycles. The van der Waals surface area contributed by atoms with E-state index in [-0.39, 0.29) is 5.97 Å². The number of unbranched alkanes of at least 4 members (excludes halogenated alkanes) is 3. The summed E-state index contributed by atoms with van der Waals surface area (Å²) < 4.78 is 10.7. The van der Waals surface area contributed by atoms with E-state index in [0.717, 1.165) is 38.7 Å². The van der Waals surface area contributed by atoms with E-state index in [1.807, 2.05) is 0 Å². The monoisotopic (exact) mass is 256 g/mol. The standard InChI is InChI=1S/C15H28O3/c1-5-10-14(4)17-11-8-6-7-9-12-18-15(16)13(2)3/h14H,2,5-12H2,1,3-4H3. The number of ether oxygens (including phenoxy) is 2. The van der Waals surface area contributed by atoms with Crippen LogP contribution < -0.4 is 0 Å². The van der Waals surface area contributed by atoms with Crippen LogP contribution in [0.4, 0.5) is 0 Å². The van der Waals surface area contributed by atoms with Crippen molar-refractivity contribution >= 4 is 5.97 Å². The van der Waals surface area contributed by atoms with Gasteiger partial charge in [0, 0.05) is 12.2 Å². The largest absolute Gasteiger partial charge is 0.462 e. The van der Waals surface area contributed by atoms with Crippen LogP contribution in [0.2, 0.25) is 0 Å². The van der Waals surface area contributed by atoms with Gasteiger partial charge in [-0.1, -0.05) is 26.3 Å². The molecule has 0 aliphatic rings.